The van der Waals surface area contributed by atoms with Gasteiger partial charge in [-0.3, -0.25) is 0 Å². The standard InChI is InChI=1S/C24H34O/c1-2-3-4-5-6-7-8-9-10-12-16-22-17-15-20-24(21-22)25-23-18-13-11-14-19-23/h11,13-15,17-21H,2-10,12,16H2,1H3. The molecule has 0 radical (unpaired) electrons. The predicted molar refractivity (Wildman–Crippen MR) is 109 cm³/mol. The van der Waals surface area contributed by atoms with Crippen molar-refractivity contribution in [2.45, 2.75) is 77.6 Å². The summed E-state index contributed by atoms with van der Waals surface area (Å²) in [6.07, 6.45) is 15.0. The molecule has 136 valence electrons. The first-order chi connectivity index (χ1) is 12.4. The third-order valence-corrected chi connectivity index (χ3v) is 4.70. The van der Waals surface area contributed by atoms with Gasteiger partial charge in [0.1, 0.15) is 11.5 Å². The second-order valence-corrected chi connectivity index (χ2v) is 6.99. The van der Waals surface area contributed by atoms with Crippen molar-refractivity contribution >= 4 is 0 Å². The molecule has 0 heterocycles. The monoisotopic (exact) mass is 338 g/mol. The molecule has 0 atom stereocenters. The molecule has 0 saturated heterocycles. The topological polar surface area (TPSA) is 9.23 Å². The molecule has 0 aliphatic heterocycles. The molecule has 0 aliphatic carbocycles. The van der Waals surface area contributed by atoms with E-state index in [4.69, 9.17) is 4.74 Å². The first-order valence-electron chi connectivity index (χ1n) is 10.2. The molecule has 2 aromatic rings. The average Bonchev–Trinajstić information content (AvgIpc) is 2.64. The smallest absolute Gasteiger partial charge is 0.127 e. The van der Waals surface area contributed by atoms with Gasteiger partial charge in [-0.05, 0) is 42.7 Å². The quantitative estimate of drug-likeness (QED) is 0.337. The molecule has 0 N–H and O–H groups in total. The van der Waals surface area contributed by atoms with Crippen molar-refractivity contribution in [3.63, 3.8) is 0 Å². The van der Waals surface area contributed by atoms with E-state index in [1.807, 2.05) is 36.4 Å². The second kappa shape index (κ2) is 12.6. The van der Waals surface area contributed by atoms with E-state index in [0.717, 1.165) is 17.9 Å². The van der Waals surface area contributed by atoms with Gasteiger partial charge in [-0.1, -0.05) is 95.0 Å². The molecule has 0 saturated carbocycles. The van der Waals surface area contributed by atoms with Crippen molar-refractivity contribution in [3.8, 4) is 11.5 Å². The molecule has 0 aliphatic rings. The Balaban J connectivity index is 1.58. The Morgan fingerprint density at radius 1 is 0.600 bits per heavy atom. The molecule has 2 aromatic carbocycles. The van der Waals surface area contributed by atoms with Crippen LogP contribution in [-0.4, -0.2) is 0 Å². The molecule has 0 unspecified atom stereocenters. The number of ether oxygens (including phenoxy) is 1. The summed E-state index contributed by atoms with van der Waals surface area (Å²) in [5.41, 5.74) is 1.38. The van der Waals surface area contributed by atoms with Crippen LogP contribution in [0.4, 0.5) is 0 Å². The fourth-order valence-corrected chi connectivity index (χ4v) is 3.21. The zero-order chi connectivity index (χ0) is 17.6. The van der Waals surface area contributed by atoms with Crippen molar-refractivity contribution in [2.24, 2.45) is 0 Å². The minimum Gasteiger partial charge on any atom is -0.457 e. The highest BCUT2D eigenvalue weighted by molar-refractivity contribution is 5.33. The molecule has 0 fully saturated rings. The van der Waals surface area contributed by atoms with Crippen LogP contribution in [0.1, 0.15) is 76.7 Å². The highest BCUT2D eigenvalue weighted by Gasteiger charge is 1.99. The molecule has 0 amide bonds. The van der Waals surface area contributed by atoms with Crippen molar-refractivity contribution in [2.75, 3.05) is 0 Å². The largest absolute Gasteiger partial charge is 0.457 e. The third-order valence-electron chi connectivity index (χ3n) is 4.70. The lowest BCUT2D eigenvalue weighted by Gasteiger charge is -2.08. The van der Waals surface area contributed by atoms with E-state index in [1.165, 1.54) is 69.8 Å². The summed E-state index contributed by atoms with van der Waals surface area (Å²) in [4.78, 5) is 0. The molecular formula is C24H34O. The van der Waals surface area contributed by atoms with Crippen molar-refractivity contribution in [3.05, 3.63) is 60.2 Å². The lowest BCUT2D eigenvalue weighted by Crippen LogP contribution is -1.89. The van der Waals surface area contributed by atoms with Crippen molar-refractivity contribution in [1.82, 2.24) is 0 Å². The summed E-state index contributed by atoms with van der Waals surface area (Å²) in [7, 11) is 0. The summed E-state index contributed by atoms with van der Waals surface area (Å²) >= 11 is 0. The van der Waals surface area contributed by atoms with Crippen LogP contribution in [0.15, 0.2) is 54.6 Å². The van der Waals surface area contributed by atoms with E-state index >= 15 is 0 Å². The van der Waals surface area contributed by atoms with Crippen LogP contribution >= 0.6 is 0 Å². The molecule has 0 bridgehead atoms. The predicted octanol–water partition coefficient (Wildman–Crippen LogP) is 7.94. The maximum absolute atomic E-state index is 5.92. The van der Waals surface area contributed by atoms with Gasteiger partial charge in [0, 0.05) is 0 Å². The van der Waals surface area contributed by atoms with Crippen LogP contribution in [0, 0.1) is 0 Å². The van der Waals surface area contributed by atoms with Gasteiger partial charge in [0.05, 0.1) is 0 Å². The summed E-state index contributed by atoms with van der Waals surface area (Å²) in [6, 6.07) is 18.5. The normalized spacial score (nSPS) is 10.8. The Morgan fingerprint density at radius 2 is 1.20 bits per heavy atom. The summed E-state index contributed by atoms with van der Waals surface area (Å²) in [6.45, 7) is 2.28. The highest BCUT2D eigenvalue weighted by Crippen LogP contribution is 2.22. The summed E-state index contributed by atoms with van der Waals surface area (Å²) in [5, 5.41) is 0. The van der Waals surface area contributed by atoms with Crippen LogP contribution in [0.3, 0.4) is 0 Å². The number of unbranched alkanes of at least 4 members (excludes halogenated alkanes) is 9. The molecule has 0 spiro atoms. The Morgan fingerprint density at radius 3 is 1.88 bits per heavy atom. The first-order valence-corrected chi connectivity index (χ1v) is 10.2. The van der Waals surface area contributed by atoms with Gasteiger partial charge in [0.2, 0.25) is 0 Å². The first kappa shape index (κ1) is 19.6. The van der Waals surface area contributed by atoms with E-state index in [2.05, 4.69) is 25.1 Å². The van der Waals surface area contributed by atoms with Crippen molar-refractivity contribution in [1.29, 1.82) is 0 Å². The SMILES string of the molecule is CCCCCCCCCCCCc1cccc(Oc2ccccc2)c1. The highest BCUT2D eigenvalue weighted by atomic mass is 16.5. The lowest BCUT2D eigenvalue weighted by molar-refractivity contribution is 0.481. The fourth-order valence-electron chi connectivity index (χ4n) is 3.21. The molecule has 0 aromatic heterocycles. The van der Waals surface area contributed by atoms with E-state index in [9.17, 15) is 0 Å². The Hall–Kier alpha value is -1.76. The van der Waals surface area contributed by atoms with E-state index in [-0.39, 0.29) is 0 Å². The fraction of sp³-hybridized carbons (Fsp3) is 0.500. The van der Waals surface area contributed by atoms with Gasteiger partial charge in [0.15, 0.2) is 0 Å². The van der Waals surface area contributed by atoms with E-state index in [1.54, 1.807) is 0 Å². The maximum Gasteiger partial charge on any atom is 0.127 e. The maximum atomic E-state index is 5.92. The van der Waals surface area contributed by atoms with Gasteiger partial charge in [-0.25, -0.2) is 0 Å². The van der Waals surface area contributed by atoms with Gasteiger partial charge in [0.25, 0.3) is 0 Å². The molecule has 1 nitrogen and oxygen atoms in total. The van der Waals surface area contributed by atoms with E-state index in [0.29, 0.717) is 0 Å². The Bertz CT molecular complexity index is 561. The zero-order valence-corrected chi connectivity index (χ0v) is 15.9. The van der Waals surface area contributed by atoms with Crippen molar-refractivity contribution < 1.29 is 4.74 Å². The minimum atomic E-state index is 0.901. The molecular weight excluding hydrogens is 304 g/mol. The van der Waals surface area contributed by atoms with Crippen LogP contribution in [0.25, 0.3) is 0 Å². The third kappa shape index (κ3) is 8.77. The number of aryl methyl sites for hydroxylation is 1. The number of rotatable bonds is 13. The van der Waals surface area contributed by atoms with Crippen LogP contribution in [-0.2, 0) is 6.42 Å². The van der Waals surface area contributed by atoms with E-state index < -0.39 is 0 Å². The van der Waals surface area contributed by atoms with Gasteiger partial charge in [-0.15, -0.1) is 0 Å². The lowest BCUT2D eigenvalue weighted by atomic mass is 10.0. The van der Waals surface area contributed by atoms with Crippen LogP contribution < -0.4 is 4.74 Å². The number of para-hydroxylation sites is 1. The average molecular weight is 339 g/mol. The Labute approximate surface area is 154 Å². The van der Waals surface area contributed by atoms with Gasteiger partial charge < -0.3 is 4.74 Å². The van der Waals surface area contributed by atoms with Crippen LogP contribution in [0.5, 0.6) is 11.5 Å². The summed E-state index contributed by atoms with van der Waals surface area (Å²) in [5.74, 6) is 1.84. The van der Waals surface area contributed by atoms with Crippen LogP contribution in [0.2, 0.25) is 0 Å². The second-order valence-electron chi connectivity index (χ2n) is 6.99. The summed E-state index contributed by atoms with van der Waals surface area (Å²) < 4.78 is 5.92. The van der Waals surface area contributed by atoms with Gasteiger partial charge >= 0.3 is 0 Å². The number of hydrogen-bond acceptors (Lipinski definition) is 1. The number of benzene rings is 2. The molecule has 25 heavy (non-hydrogen) atoms. The minimum absolute atomic E-state index is 0.901. The molecule has 1 heteroatoms. The number of hydrogen-bond donors (Lipinski definition) is 0. The van der Waals surface area contributed by atoms with Gasteiger partial charge in [-0.2, -0.15) is 0 Å². The molecule has 2 rings (SSSR count). The Kier molecular flexibility index (Phi) is 9.84. The zero-order valence-electron chi connectivity index (χ0n) is 15.9.